The second kappa shape index (κ2) is 10.3. The Morgan fingerprint density at radius 2 is 1.83 bits per heavy atom. The molecule has 5 heteroatoms. The lowest BCUT2D eigenvalue weighted by atomic mass is 9.93. The van der Waals surface area contributed by atoms with Gasteiger partial charge in [0, 0.05) is 18.4 Å². The maximum Gasteiger partial charge on any atom is 0.310 e. The normalized spacial score (nSPS) is 15.7. The molecule has 1 aliphatic carbocycles. The molecule has 0 saturated heterocycles. The maximum atomic E-state index is 12.1. The number of esters is 1. The molecule has 0 bridgehead atoms. The lowest BCUT2D eigenvalue weighted by Crippen LogP contribution is -2.20. The Balaban J connectivity index is 1.50. The van der Waals surface area contributed by atoms with E-state index in [1.165, 1.54) is 5.56 Å². The van der Waals surface area contributed by atoms with Crippen LogP contribution in [-0.2, 0) is 19.1 Å². The molecule has 0 fully saturated rings. The molecule has 1 aliphatic rings. The van der Waals surface area contributed by atoms with Gasteiger partial charge in [0.05, 0.1) is 6.61 Å². The molecule has 29 heavy (non-hydrogen) atoms. The highest BCUT2D eigenvalue weighted by Gasteiger charge is 2.24. The second-order valence-corrected chi connectivity index (χ2v) is 6.79. The van der Waals surface area contributed by atoms with Crippen molar-refractivity contribution in [1.29, 1.82) is 0 Å². The highest BCUT2D eigenvalue weighted by atomic mass is 16.5. The van der Waals surface area contributed by atoms with E-state index in [1.807, 2.05) is 67.6 Å². The standard InChI is InChI=1S/C24H24O5/c1-18-9-11-20(12-10-18)27-15-5-8-24(26)29-21-13-14-22(23(16-21)28-17-25)19-6-3-2-4-7-19/h2-4,6-7,9-14,17,23H,5,8,15-16H2,1H3. The molecule has 0 radical (unpaired) electrons. The first-order chi connectivity index (χ1) is 14.2. The molecule has 3 rings (SSSR count). The number of ether oxygens (including phenoxy) is 3. The van der Waals surface area contributed by atoms with Gasteiger partial charge < -0.3 is 14.2 Å². The predicted octanol–water partition coefficient (Wildman–Crippen LogP) is 4.61. The lowest BCUT2D eigenvalue weighted by molar-refractivity contribution is -0.140. The predicted molar refractivity (Wildman–Crippen MR) is 110 cm³/mol. The first-order valence-corrected chi connectivity index (χ1v) is 9.61. The molecule has 2 aromatic rings. The van der Waals surface area contributed by atoms with Crippen LogP contribution in [0.3, 0.4) is 0 Å². The third-order valence-electron chi connectivity index (χ3n) is 4.57. The number of allylic oxidation sites excluding steroid dienone is 2. The van der Waals surface area contributed by atoms with E-state index in [2.05, 4.69) is 0 Å². The van der Waals surface area contributed by atoms with Gasteiger partial charge in [0.15, 0.2) is 0 Å². The van der Waals surface area contributed by atoms with Crippen LogP contribution in [0.25, 0.3) is 5.57 Å². The smallest absolute Gasteiger partial charge is 0.310 e. The van der Waals surface area contributed by atoms with Crippen LogP contribution in [0.15, 0.2) is 72.5 Å². The number of rotatable bonds is 9. The van der Waals surface area contributed by atoms with Crippen LogP contribution in [0.4, 0.5) is 0 Å². The molecular weight excluding hydrogens is 368 g/mol. The summed E-state index contributed by atoms with van der Waals surface area (Å²) >= 11 is 0. The van der Waals surface area contributed by atoms with Crippen LogP contribution in [-0.4, -0.2) is 25.2 Å². The first-order valence-electron chi connectivity index (χ1n) is 9.61. The fourth-order valence-electron chi connectivity index (χ4n) is 3.07. The molecule has 1 unspecified atom stereocenters. The minimum Gasteiger partial charge on any atom is -0.494 e. The van der Waals surface area contributed by atoms with E-state index in [1.54, 1.807) is 6.08 Å². The van der Waals surface area contributed by atoms with Crippen molar-refractivity contribution in [1.82, 2.24) is 0 Å². The Hall–Kier alpha value is -3.34. The summed E-state index contributed by atoms with van der Waals surface area (Å²) in [7, 11) is 0. The van der Waals surface area contributed by atoms with Gasteiger partial charge in [0.2, 0.25) is 0 Å². The summed E-state index contributed by atoms with van der Waals surface area (Å²) in [5.41, 5.74) is 3.02. The molecule has 0 heterocycles. The zero-order chi connectivity index (χ0) is 20.5. The van der Waals surface area contributed by atoms with Gasteiger partial charge in [-0.05, 0) is 37.1 Å². The van der Waals surface area contributed by atoms with Gasteiger partial charge in [-0.25, -0.2) is 0 Å². The Labute approximate surface area is 170 Å². The van der Waals surface area contributed by atoms with Gasteiger partial charge in [-0.2, -0.15) is 0 Å². The molecule has 150 valence electrons. The van der Waals surface area contributed by atoms with Crippen molar-refractivity contribution in [3.63, 3.8) is 0 Å². The van der Waals surface area contributed by atoms with Crippen molar-refractivity contribution in [2.45, 2.75) is 32.3 Å². The quantitative estimate of drug-likeness (QED) is 0.354. The van der Waals surface area contributed by atoms with Gasteiger partial charge >= 0.3 is 5.97 Å². The molecule has 5 nitrogen and oxygen atoms in total. The summed E-state index contributed by atoms with van der Waals surface area (Å²) in [6.07, 6.45) is 4.24. The van der Waals surface area contributed by atoms with Crippen molar-refractivity contribution in [3.8, 4) is 5.75 Å². The Kier molecular flexibility index (Phi) is 7.22. The van der Waals surface area contributed by atoms with E-state index in [0.29, 0.717) is 31.7 Å². The monoisotopic (exact) mass is 392 g/mol. The zero-order valence-corrected chi connectivity index (χ0v) is 16.4. The number of aryl methyl sites for hydroxylation is 1. The fourth-order valence-corrected chi connectivity index (χ4v) is 3.07. The Morgan fingerprint density at radius 3 is 2.55 bits per heavy atom. The van der Waals surface area contributed by atoms with E-state index in [9.17, 15) is 9.59 Å². The molecule has 1 atom stereocenters. The van der Waals surface area contributed by atoms with Crippen molar-refractivity contribution < 1.29 is 23.8 Å². The third-order valence-corrected chi connectivity index (χ3v) is 4.57. The summed E-state index contributed by atoms with van der Waals surface area (Å²) in [4.78, 5) is 23.0. The van der Waals surface area contributed by atoms with E-state index in [-0.39, 0.29) is 12.4 Å². The van der Waals surface area contributed by atoms with Crippen molar-refractivity contribution in [2.75, 3.05) is 6.61 Å². The molecule has 0 aliphatic heterocycles. The number of carbonyl (C=O) groups is 2. The largest absolute Gasteiger partial charge is 0.494 e. The summed E-state index contributed by atoms with van der Waals surface area (Å²) in [6, 6.07) is 17.4. The number of benzene rings is 2. The molecule has 0 spiro atoms. The summed E-state index contributed by atoms with van der Waals surface area (Å²) in [5.74, 6) is 0.942. The Bertz CT molecular complexity index is 881. The van der Waals surface area contributed by atoms with Crippen molar-refractivity contribution >= 4 is 18.0 Å². The van der Waals surface area contributed by atoms with Crippen LogP contribution < -0.4 is 4.74 Å². The van der Waals surface area contributed by atoms with E-state index in [0.717, 1.165) is 16.9 Å². The highest BCUT2D eigenvalue weighted by Crippen LogP contribution is 2.30. The minimum atomic E-state index is -0.479. The van der Waals surface area contributed by atoms with Gasteiger partial charge in [-0.15, -0.1) is 0 Å². The van der Waals surface area contributed by atoms with Crippen LogP contribution in [0.1, 0.15) is 30.4 Å². The number of hydrogen-bond donors (Lipinski definition) is 0. The summed E-state index contributed by atoms with van der Waals surface area (Å²) in [5, 5.41) is 0. The topological polar surface area (TPSA) is 61.8 Å². The molecule has 0 aromatic heterocycles. The Morgan fingerprint density at radius 1 is 1.07 bits per heavy atom. The molecule has 0 amide bonds. The molecule has 2 aromatic carbocycles. The van der Waals surface area contributed by atoms with Crippen LogP contribution in [0.2, 0.25) is 0 Å². The highest BCUT2D eigenvalue weighted by molar-refractivity contribution is 5.74. The van der Waals surface area contributed by atoms with Crippen LogP contribution >= 0.6 is 0 Å². The van der Waals surface area contributed by atoms with E-state index in [4.69, 9.17) is 14.2 Å². The fraction of sp³-hybridized carbons (Fsp3) is 0.250. The van der Waals surface area contributed by atoms with Gasteiger partial charge in [-0.3, -0.25) is 9.59 Å². The summed E-state index contributed by atoms with van der Waals surface area (Å²) in [6.45, 7) is 2.88. The average Bonchev–Trinajstić information content (AvgIpc) is 2.74. The first kappa shape index (κ1) is 20.4. The molecular formula is C24H24O5. The van der Waals surface area contributed by atoms with Crippen LogP contribution in [0.5, 0.6) is 5.75 Å². The molecule has 0 N–H and O–H groups in total. The van der Waals surface area contributed by atoms with Crippen LogP contribution in [0, 0.1) is 6.92 Å². The summed E-state index contributed by atoms with van der Waals surface area (Å²) < 4.78 is 16.3. The van der Waals surface area contributed by atoms with E-state index >= 15 is 0 Å². The minimum absolute atomic E-state index is 0.248. The van der Waals surface area contributed by atoms with E-state index < -0.39 is 6.10 Å². The third kappa shape index (κ3) is 6.07. The van der Waals surface area contributed by atoms with Gasteiger partial charge in [0.25, 0.3) is 6.47 Å². The molecule has 0 saturated carbocycles. The number of hydrogen-bond acceptors (Lipinski definition) is 5. The SMILES string of the molecule is Cc1ccc(OCCCC(=O)OC2=CC=C(c3ccccc3)C(OC=O)C2)cc1. The van der Waals surface area contributed by atoms with Gasteiger partial charge in [0.1, 0.15) is 17.6 Å². The second-order valence-electron chi connectivity index (χ2n) is 6.79. The average molecular weight is 392 g/mol. The number of carbonyl (C=O) groups excluding carboxylic acids is 2. The zero-order valence-electron chi connectivity index (χ0n) is 16.4. The lowest BCUT2D eigenvalue weighted by Gasteiger charge is -2.23. The van der Waals surface area contributed by atoms with Gasteiger partial charge in [-0.1, -0.05) is 54.1 Å². The van der Waals surface area contributed by atoms with Crippen molar-refractivity contribution in [3.05, 3.63) is 83.6 Å². The maximum absolute atomic E-state index is 12.1. The van der Waals surface area contributed by atoms with Crippen molar-refractivity contribution in [2.24, 2.45) is 0 Å².